The third kappa shape index (κ3) is 2.29. The molecule has 1 aromatic rings. The summed E-state index contributed by atoms with van der Waals surface area (Å²) in [7, 11) is 0. The predicted octanol–water partition coefficient (Wildman–Crippen LogP) is 2.46. The first-order chi connectivity index (χ1) is 6.65. The average Bonchev–Trinajstić information content (AvgIpc) is 2.77. The van der Waals surface area contributed by atoms with Crippen molar-refractivity contribution in [3.63, 3.8) is 0 Å². The minimum absolute atomic E-state index is 0.509. The maximum absolute atomic E-state index is 12.8. The summed E-state index contributed by atoms with van der Waals surface area (Å²) in [5.41, 5.74) is 0.668. The number of hydrogen-bond donors (Lipinski definition) is 1. The van der Waals surface area contributed by atoms with Crippen molar-refractivity contribution < 1.29 is 8.78 Å². The lowest BCUT2D eigenvalue weighted by molar-refractivity contribution is 0.573. The summed E-state index contributed by atoms with van der Waals surface area (Å²) in [5.74, 6) is -0.315. The van der Waals surface area contributed by atoms with Gasteiger partial charge in [0.05, 0.1) is 0 Å². The molecule has 0 radical (unpaired) electrons. The Morgan fingerprint density at radius 1 is 1.29 bits per heavy atom. The molecule has 0 saturated heterocycles. The lowest BCUT2D eigenvalue weighted by atomic mass is 10.2. The number of hydrogen-bond acceptors (Lipinski definition) is 1. The fourth-order valence-electron chi connectivity index (χ4n) is 1.57. The van der Waals surface area contributed by atoms with Crippen LogP contribution in [0.3, 0.4) is 0 Å². The monoisotopic (exact) mass is 197 g/mol. The third-order valence-electron chi connectivity index (χ3n) is 2.60. The summed E-state index contributed by atoms with van der Waals surface area (Å²) in [4.78, 5) is 0. The van der Waals surface area contributed by atoms with Gasteiger partial charge < -0.3 is 5.32 Å². The molecule has 0 bridgehead atoms. The second-order valence-electron chi connectivity index (χ2n) is 3.98. The molecule has 76 valence electrons. The Labute approximate surface area is 82.1 Å². The van der Waals surface area contributed by atoms with Gasteiger partial charge in [0.2, 0.25) is 0 Å². The van der Waals surface area contributed by atoms with E-state index >= 15 is 0 Å². The fourth-order valence-corrected chi connectivity index (χ4v) is 1.57. The number of rotatable bonds is 3. The normalized spacial score (nSPS) is 25.1. The molecule has 0 spiro atoms. The van der Waals surface area contributed by atoms with Crippen LogP contribution in [-0.2, 0) is 6.54 Å². The molecule has 1 aromatic carbocycles. The van der Waals surface area contributed by atoms with E-state index in [1.165, 1.54) is 12.1 Å². The first-order valence-corrected chi connectivity index (χ1v) is 4.83. The van der Waals surface area contributed by atoms with Gasteiger partial charge in [-0.25, -0.2) is 8.78 Å². The van der Waals surface area contributed by atoms with Gasteiger partial charge in [0.25, 0.3) is 0 Å². The van der Waals surface area contributed by atoms with Gasteiger partial charge in [-0.15, -0.1) is 0 Å². The maximum atomic E-state index is 12.8. The molecular formula is C11H13F2N. The topological polar surface area (TPSA) is 12.0 Å². The molecule has 3 heteroatoms. The fraction of sp³-hybridized carbons (Fsp3) is 0.455. The summed E-state index contributed by atoms with van der Waals surface area (Å²) < 4.78 is 25.6. The van der Waals surface area contributed by atoms with Crippen LogP contribution in [0.1, 0.15) is 18.9 Å². The van der Waals surface area contributed by atoms with Crippen molar-refractivity contribution in [2.24, 2.45) is 5.92 Å². The van der Waals surface area contributed by atoms with Gasteiger partial charge in [-0.3, -0.25) is 0 Å². The highest BCUT2D eigenvalue weighted by Crippen LogP contribution is 2.29. The van der Waals surface area contributed by atoms with Gasteiger partial charge in [0.15, 0.2) is 0 Å². The van der Waals surface area contributed by atoms with Crippen molar-refractivity contribution in [1.82, 2.24) is 5.32 Å². The second kappa shape index (κ2) is 3.65. The summed E-state index contributed by atoms with van der Waals surface area (Å²) in [6.45, 7) is 2.70. The van der Waals surface area contributed by atoms with E-state index in [-0.39, 0.29) is 0 Å². The van der Waals surface area contributed by atoms with E-state index in [1.807, 2.05) is 0 Å². The van der Waals surface area contributed by atoms with E-state index in [9.17, 15) is 8.78 Å². The Bertz CT molecular complexity index is 318. The van der Waals surface area contributed by atoms with E-state index in [4.69, 9.17) is 0 Å². The summed E-state index contributed by atoms with van der Waals surface area (Å²) >= 11 is 0. The summed E-state index contributed by atoms with van der Waals surface area (Å²) in [6, 6.07) is 4.15. The zero-order valence-corrected chi connectivity index (χ0v) is 8.06. The molecule has 1 nitrogen and oxygen atoms in total. The Morgan fingerprint density at radius 3 is 2.36 bits per heavy atom. The third-order valence-corrected chi connectivity index (χ3v) is 2.60. The van der Waals surface area contributed by atoms with Gasteiger partial charge in [0.1, 0.15) is 11.6 Å². The Hall–Kier alpha value is -0.960. The highest BCUT2D eigenvalue weighted by atomic mass is 19.1. The van der Waals surface area contributed by atoms with Crippen LogP contribution < -0.4 is 5.32 Å². The van der Waals surface area contributed by atoms with E-state index < -0.39 is 11.6 Å². The molecule has 2 rings (SSSR count). The molecule has 0 heterocycles. The van der Waals surface area contributed by atoms with Crippen LogP contribution in [0, 0.1) is 17.6 Å². The molecule has 1 aliphatic carbocycles. The van der Waals surface area contributed by atoms with Gasteiger partial charge in [0, 0.05) is 18.7 Å². The van der Waals surface area contributed by atoms with Crippen molar-refractivity contribution in [3.8, 4) is 0 Å². The van der Waals surface area contributed by atoms with Crippen molar-refractivity contribution in [1.29, 1.82) is 0 Å². The predicted molar refractivity (Wildman–Crippen MR) is 50.8 cm³/mol. The Morgan fingerprint density at radius 2 is 1.86 bits per heavy atom. The average molecular weight is 197 g/mol. The number of benzene rings is 1. The molecule has 2 unspecified atom stereocenters. The highest BCUT2D eigenvalue weighted by Gasteiger charge is 2.31. The van der Waals surface area contributed by atoms with Crippen LogP contribution in [0.5, 0.6) is 0 Å². The van der Waals surface area contributed by atoms with Crippen molar-refractivity contribution in [3.05, 3.63) is 35.4 Å². The molecule has 1 N–H and O–H groups in total. The van der Waals surface area contributed by atoms with Crippen LogP contribution in [0.15, 0.2) is 18.2 Å². The Balaban J connectivity index is 1.95. The van der Waals surface area contributed by atoms with E-state index in [0.717, 1.165) is 12.5 Å². The lowest BCUT2D eigenvalue weighted by Gasteiger charge is -2.03. The second-order valence-corrected chi connectivity index (χ2v) is 3.98. The van der Waals surface area contributed by atoms with E-state index in [1.54, 1.807) is 0 Å². The van der Waals surface area contributed by atoms with Crippen LogP contribution >= 0.6 is 0 Å². The summed E-state index contributed by atoms with van der Waals surface area (Å²) in [6.07, 6.45) is 1.16. The standard InChI is InChI=1S/C11H13F2N/c1-7-2-11(7)14-6-8-3-9(12)5-10(13)4-8/h3-5,7,11,14H,2,6H2,1H3. The van der Waals surface area contributed by atoms with Crippen molar-refractivity contribution in [2.45, 2.75) is 25.9 Å². The molecule has 0 aliphatic heterocycles. The number of nitrogens with one attached hydrogen (secondary N) is 1. The Kier molecular flexibility index (Phi) is 2.50. The first-order valence-electron chi connectivity index (χ1n) is 4.83. The molecule has 1 saturated carbocycles. The zero-order valence-electron chi connectivity index (χ0n) is 8.06. The smallest absolute Gasteiger partial charge is 0.126 e. The highest BCUT2D eigenvalue weighted by molar-refractivity contribution is 5.18. The van der Waals surface area contributed by atoms with Crippen molar-refractivity contribution >= 4 is 0 Å². The van der Waals surface area contributed by atoms with Gasteiger partial charge in [-0.05, 0) is 30.0 Å². The molecular weight excluding hydrogens is 184 g/mol. The maximum Gasteiger partial charge on any atom is 0.126 e. The van der Waals surface area contributed by atoms with E-state index in [2.05, 4.69) is 12.2 Å². The zero-order chi connectivity index (χ0) is 10.1. The largest absolute Gasteiger partial charge is 0.310 e. The quantitative estimate of drug-likeness (QED) is 0.784. The van der Waals surface area contributed by atoms with Crippen molar-refractivity contribution in [2.75, 3.05) is 0 Å². The van der Waals surface area contributed by atoms with Crippen LogP contribution in [-0.4, -0.2) is 6.04 Å². The molecule has 2 atom stereocenters. The molecule has 0 amide bonds. The first kappa shape index (κ1) is 9.59. The van der Waals surface area contributed by atoms with Crippen LogP contribution in [0.25, 0.3) is 0 Å². The SMILES string of the molecule is CC1CC1NCc1cc(F)cc(F)c1. The van der Waals surface area contributed by atoms with Gasteiger partial charge >= 0.3 is 0 Å². The molecule has 14 heavy (non-hydrogen) atoms. The summed E-state index contributed by atoms with van der Waals surface area (Å²) in [5, 5.41) is 3.24. The number of halogens is 2. The van der Waals surface area contributed by atoms with E-state index in [0.29, 0.717) is 24.1 Å². The molecule has 0 aromatic heterocycles. The molecule has 1 fully saturated rings. The minimum atomic E-state index is -0.509. The lowest BCUT2D eigenvalue weighted by Crippen LogP contribution is -2.17. The van der Waals surface area contributed by atoms with Crippen LogP contribution in [0.4, 0.5) is 8.78 Å². The van der Waals surface area contributed by atoms with Gasteiger partial charge in [-0.1, -0.05) is 6.92 Å². The molecule has 1 aliphatic rings. The van der Waals surface area contributed by atoms with Crippen LogP contribution in [0.2, 0.25) is 0 Å². The van der Waals surface area contributed by atoms with Gasteiger partial charge in [-0.2, -0.15) is 0 Å². The minimum Gasteiger partial charge on any atom is -0.310 e.